The van der Waals surface area contributed by atoms with Crippen LogP contribution in [0.15, 0.2) is 12.3 Å². The Morgan fingerprint density at radius 3 is 2.54 bits per heavy atom. The van der Waals surface area contributed by atoms with Crippen LogP contribution in [0.2, 0.25) is 0 Å². The Hall–Kier alpha value is -1.33. The third-order valence-corrected chi connectivity index (χ3v) is 1.88. The zero-order valence-corrected chi connectivity index (χ0v) is 7.44. The van der Waals surface area contributed by atoms with Crippen molar-refractivity contribution in [1.82, 2.24) is 4.98 Å². The second kappa shape index (κ2) is 3.59. The summed E-state index contributed by atoms with van der Waals surface area (Å²) in [5, 5.41) is 9.21. The molecule has 0 aliphatic carbocycles. The van der Waals surface area contributed by atoms with Gasteiger partial charge >= 0.3 is 0 Å². The molecule has 1 aromatic heterocycles. The average Bonchev–Trinajstić information content (AvgIpc) is 2.08. The summed E-state index contributed by atoms with van der Waals surface area (Å²) in [5.41, 5.74) is 17.7. The topological polar surface area (TPSA) is 111 Å². The molecule has 0 saturated heterocycles. The molecule has 1 aromatic rings. The van der Waals surface area contributed by atoms with Gasteiger partial charge in [0.2, 0.25) is 0 Å². The van der Waals surface area contributed by atoms with Crippen LogP contribution in [0.1, 0.15) is 18.5 Å². The highest BCUT2D eigenvalue weighted by Gasteiger charge is 2.13. The predicted octanol–water partition coefficient (Wildman–Crippen LogP) is -0.373. The molecule has 0 unspecified atom stereocenters. The first-order valence-electron chi connectivity index (χ1n) is 3.97. The fraction of sp³-hybridized carbons (Fsp3) is 0.375. The van der Waals surface area contributed by atoms with Crippen LogP contribution in [0.25, 0.3) is 0 Å². The first-order valence-corrected chi connectivity index (χ1v) is 3.97. The van der Waals surface area contributed by atoms with Crippen molar-refractivity contribution in [3.63, 3.8) is 0 Å². The molecule has 0 aromatic carbocycles. The van der Waals surface area contributed by atoms with Crippen molar-refractivity contribution in [3.8, 4) is 0 Å². The van der Waals surface area contributed by atoms with Gasteiger partial charge in [-0.1, -0.05) is 0 Å². The number of hydrogen-bond donors (Lipinski definition) is 4. The molecule has 0 aliphatic rings. The summed E-state index contributed by atoms with van der Waals surface area (Å²) in [5.74, 6) is 0.279. The summed E-state index contributed by atoms with van der Waals surface area (Å²) >= 11 is 0. The van der Waals surface area contributed by atoms with Crippen LogP contribution >= 0.6 is 0 Å². The van der Waals surface area contributed by atoms with Gasteiger partial charge < -0.3 is 22.3 Å². The summed E-state index contributed by atoms with van der Waals surface area (Å²) in [7, 11) is 0. The highest BCUT2D eigenvalue weighted by atomic mass is 16.3. The lowest BCUT2D eigenvalue weighted by atomic mass is 10.1. The SMILES string of the molecule is C[C@H](O)[C@H](N)c1cnc(N)c(N)c1. The Balaban J connectivity index is 2.97. The van der Waals surface area contributed by atoms with E-state index in [2.05, 4.69) is 4.98 Å². The molecule has 0 spiro atoms. The van der Waals surface area contributed by atoms with Gasteiger partial charge in [0.05, 0.1) is 17.8 Å². The van der Waals surface area contributed by atoms with Crippen LogP contribution in [0.3, 0.4) is 0 Å². The largest absolute Gasteiger partial charge is 0.396 e. The molecule has 5 heteroatoms. The van der Waals surface area contributed by atoms with Gasteiger partial charge in [0, 0.05) is 6.20 Å². The summed E-state index contributed by atoms with van der Waals surface area (Å²) < 4.78 is 0. The van der Waals surface area contributed by atoms with E-state index in [-0.39, 0.29) is 5.82 Å². The minimum absolute atomic E-state index is 0.279. The number of anilines is 2. The number of aliphatic hydroxyl groups excluding tert-OH is 1. The first kappa shape index (κ1) is 9.76. The fourth-order valence-corrected chi connectivity index (χ4v) is 0.970. The minimum atomic E-state index is -0.634. The van der Waals surface area contributed by atoms with Crippen molar-refractivity contribution >= 4 is 11.5 Å². The molecule has 0 radical (unpaired) electrons. The lowest BCUT2D eigenvalue weighted by molar-refractivity contribution is 0.164. The zero-order valence-electron chi connectivity index (χ0n) is 7.44. The highest BCUT2D eigenvalue weighted by Crippen LogP contribution is 2.18. The molecule has 72 valence electrons. The molecule has 0 bridgehead atoms. The van der Waals surface area contributed by atoms with Crippen LogP contribution in [0.5, 0.6) is 0 Å². The molecule has 0 aliphatic heterocycles. The number of nitrogens with zero attached hydrogens (tertiary/aromatic N) is 1. The summed E-state index contributed by atoms with van der Waals surface area (Å²) in [4.78, 5) is 3.84. The molecule has 13 heavy (non-hydrogen) atoms. The van der Waals surface area contributed by atoms with Gasteiger partial charge in [-0.3, -0.25) is 0 Å². The van der Waals surface area contributed by atoms with Crippen molar-refractivity contribution < 1.29 is 5.11 Å². The van der Waals surface area contributed by atoms with Crippen LogP contribution in [0, 0.1) is 0 Å². The Kier molecular flexibility index (Phi) is 2.69. The highest BCUT2D eigenvalue weighted by molar-refractivity contribution is 5.58. The molecule has 1 rings (SSSR count). The maximum Gasteiger partial charge on any atom is 0.146 e. The van der Waals surface area contributed by atoms with E-state index in [9.17, 15) is 5.11 Å². The maximum atomic E-state index is 9.21. The summed E-state index contributed by atoms with van der Waals surface area (Å²) in [6, 6.07) is 1.15. The van der Waals surface area contributed by atoms with Crippen LogP contribution in [-0.4, -0.2) is 16.2 Å². The van der Waals surface area contributed by atoms with E-state index < -0.39 is 12.1 Å². The number of nitrogens with two attached hydrogens (primary N) is 3. The fourth-order valence-electron chi connectivity index (χ4n) is 0.970. The van der Waals surface area contributed by atoms with E-state index in [1.807, 2.05) is 0 Å². The standard InChI is InChI=1S/C8H14N4O/c1-4(13)7(10)5-2-6(9)8(11)12-3-5/h2-4,7,13H,9-10H2,1H3,(H2,11,12)/t4-,7-/m0/s1. The lowest BCUT2D eigenvalue weighted by Gasteiger charge is -2.15. The Labute approximate surface area is 76.6 Å². The maximum absolute atomic E-state index is 9.21. The van der Waals surface area contributed by atoms with E-state index in [0.717, 1.165) is 0 Å². The van der Waals surface area contributed by atoms with Gasteiger partial charge in [-0.15, -0.1) is 0 Å². The molecule has 1 heterocycles. The number of hydrogen-bond acceptors (Lipinski definition) is 5. The van der Waals surface area contributed by atoms with Gasteiger partial charge in [-0.25, -0.2) is 4.98 Å². The van der Waals surface area contributed by atoms with E-state index in [4.69, 9.17) is 17.2 Å². The minimum Gasteiger partial charge on any atom is -0.396 e. The third kappa shape index (κ3) is 2.07. The molecule has 0 fully saturated rings. The van der Waals surface area contributed by atoms with E-state index >= 15 is 0 Å². The quantitative estimate of drug-likeness (QED) is 0.498. The average molecular weight is 182 g/mol. The number of rotatable bonds is 2. The zero-order chi connectivity index (χ0) is 10.0. The number of nitrogen functional groups attached to an aromatic ring is 2. The van der Waals surface area contributed by atoms with Crippen LogP contribution < -0.4 is 17.2 Å². The van der Waals surface area contributed by atoms with Gasteiger partial charge in [-0.2, -0.15) is 0 Å². The van der Waals surface area contributed by atoms with Crippen molar-refractivity contribution in [1.29, 1.82) is 0 Å². The molecule has 2 atom stereocenters. The van der Waals surface area contributed by atoms with Crippen molar-refractivity contribution in [2.24, 2.45) is 5.73 Å². The smallest absolute Gasteiger partial charge is 0.146 e. The number of aromatic nitrogens is 1. The van der Waals surface area contributed by atoms with E-state index in [1.54, 1.807) is 13.0 Å². The third-order valence-electron chi connectivity index (χ3n) is 1.88. The van der Waals surface area contributed by atoms with Gasteiger partial charge in [0.1, 0.15) is 5.82 Å². The van der Waals surface area contributed by atoms with Crippen molar-refractivity contribution in [2.45, 2.75) is 19.1 Å². The molecule has 0 saturated carbocycles. The van der Waals surface area contributed by atoms with Gasteiger partial charge in [0.15, 0.2) is 0 Å². The van der Waals surface area contributed by atoms with Crippen LogP contribution in [0.4, 0.5) is 11.5 Å². The van der Waals surface area contributed by atoms with E-state index in [1.165, 1.54) is 6.20 Å². The number of aliphatic hydroxyl groups is 1. The molecular formula is C8H14N4O. The van der Waals surface area contributed by atoms with Crippen LogP contribution in [-0.2, 0) is 0 Å². The summed E-state index contributed by atoms with van der Waals surface area (Å²) in [6.45, 7) is 1.61. The monoisotopic (exact) mass is 182 g/mol. The van der Waals surface area contributed by atoms with E-state index in [0.29, 0.717) is 11.3 Å². The normalized spacial score (nSPS) is 15.3. The van der Waals surface area contributed by atoms with Gasteiger partial charge in [0.25, 0.3) is 0 Å². The van der Waals surface area contributed by atoms with Crippen molar-refractivity contribution in [2.75, 3.05) is 11.5 Å². The Morgan fingerprint density at radius 1 is 1.46 bits per heavy atom. The molecule has 5 nitrogen and oxygen atoms in total. The second-order valence-corrected chi connectivity index (χ2v) is 3.01. The molecule has 7 N–H and O–H groups in total. The lowest BCUT2D eigenvalue weighted by Crippen LogP contribution is -2.23. The van der Waals surface area contributed by atoms with Gasteiger partial charge in [-0.05, 0) is 18.6 Å². The Morgan fingerprint density at radius 2 is 2.08 bits per heavy atom. The van der Waals surface area contributed by atoms with Crippen molar-refractivity contribution in [3.05, 3.63) is 17.8 Å². The first-order chi connectivity index (χ1) is 6.02. The number of pyridine rings is 1. The molecule has 0 amide bonds. The predicted molar refractivity (Wildman–Crippen MR) is 51.7 cm³/mol. The Bertz CT molecular complexity index is 300. The second-order valence-electron chi connectivity index (χ2n) is 3.01. The summed E-state index contributed by atoms with van der Waals surface area (Å²) in [6.07, 6.45) is 0.883. The molecular weight excluding hydrogens is 168 g/mol.